The Balaban J connectivity index is 2.12. The van der Waals surface area contributed by atoms with Gasteiger partial charge in [0.15, 0.2) is 0 Å². The second-order valence-electron chi connectivity index (χ2n) is 7.11. The Bertz CT molecular complexity index is 576. The fourth-order valence-electron chi connectivity index (χ4n) is 3.04. The molecular weight excluding hydrogens is 296 g/mol. The van der Waals surface area contributed by atoms with Gasteiger partial charge in [0.2, 0.25) is 11.8 Å². The predicted molar refractivity (Wildman–Crippen MR) is 86.7 cm³/mol. The van der Waals surface area contributed by atoms with Gasteiger partial charge in [-0.05, 0) is 26.7 Å². The van der Waals surface area contributed by atoms with Gasteiger partial charge in [0, 0.05) is 23.8 Å². The number of nitrogens with one attached hydrogen (secondary N) is 2. The lowest BCUT2D eigenvalue weighted by molar-refractivity contribution is -0.137. The fraction of sp³-hybridized carbons (Fsp3) is 0.688. The Morgan fingerprint density at radius 2 is 1.96 bits per heavy atom. The van der Waals surface area contributed by atoms with Crippen LogP contribution in [0.15, 0.2) is 11.3 Å². The van der Waals surface area contributed by atoms with E-state index in [9.17, 15) is 9.59 Å². The molecule has 1 saturated carbocycles. The molecule has 0 spiro atoms. The molecule has 2 aliphatic rings. The minimum absolute atomic E-state index is 0.0126. The zero-order chi connectivity index (χ0) is 17.4. The van der Waals surface area contributed by atoms with Gasteiger partial charge in [0.25, 0.3) is 0 Å². The number of carbonyl (C=O) groups excluding carboxylic acids is 2. The van der Waals surface area contributed by atoms with E-state index in [2.05, 4.69) is 5.32 Å². The number of hydrogen-bond donors (Lipinski definition) is 3. The van der Waals surface area contributed by atoms with Gasteiger partial charge in [-0.15, -0.1) is 0 Å². The molecule has 0 aromatic carbocycles. The maximum Gasteiger partial charge on any atom is 0.249 e. The van der Waals surface area contributed by atoms with E-state index < -0.39 is 5.54 Å². The van der Waals surface area contributed by atoms with Crippen molar-refractivity contribution in [3.63, 3.8) is 0 Å². The first-order valence-corrected chi connectivity index (χ1v) is 7.82. The van der Waals surface area contributed by atoms with Crippen LogP contribution in [0, 0.1) is 10.8 Å². The lowest BCUT2D eigenvalue weighted by Gasteiger charge is -2.36. The van der Waals surface area contributed by atoms with E-state index >= 15 is 0 Å². The molecule has 0 aromatic rings. The summed E-state index contributed by atoms with van der Waals surface area (Å²) in [6.45, 7) is 5.72. The highest BCUT2D eigenvalue weighted by Crippen LogP contribution is 2.40. The topological polar surface area (TPSA) is 109 Å². The molecule has 0 unspecified atom stereocenters. The maximum absolute atomic E-state index is 12.3. The quantitative estimate of drug-likeness (QED) is 0.524. The number of amides is 2. The Labute approximate surface area is 136 Å². The number of methoxy groups -OCH3 is 1. The first-order chi connectivity index (χ1) is 10.6. The molecule has 128 valence electrons. The Morgan fingerprint density at radius 1 is 1.35 bits per heavy atom. The lowest BCUT2D eigenvalue weighted by atomic mass is 9.70. The summed E-state index contributed by atoms with van der Waals surface area (Å²) in [5.41, 5.74) is 6.00. The van der Waals surface area contributed by atoms with E-state index in [1.54, 1.807) is 4.90 Å². The Kier molecular flexibility index (Phi) is 4.52. The van der Waals surface area contributed by atoms with E-state index in [1.807, 2.05) is 20.8 Å². The molecule has 1 aliphatic heterocycles. The highest BCUT2D eigenvalue weighted by molar-refractivity contribution is 6.09. The van der Waals surface area contributed by atoms with E-state index in [1.165, 1.54) is 7.11 Å². The van der Waals surface area contributed by atoms with Crippen molar-refractivity contribution in [2.24, 2.45) is 11.1 Å². The zero-order valence-electron chi connectivity index (χ0n) is 14.3. The van der Waals surface area contributed by atoms with Crippen LogP contribution in [0.3, 0.4) is 0 Å². The molecule has 0 aromatic heterocycles. The van der Waals surface area contributed by atoms with Crippen LogP contribution in [0.2, 0.25) is 0 Å². The summed E-state index contributed by atoms with van der Waals surface area (Å²) in [7, 11) is 1.46. The summed E-state index contributed by atoms with van der Waals surface area (Å²) in [5, 5.41) is 10.9. The Hall–Kier alpha value is -1.89. The van der Waals surface area contributed by atoms with Gasteiger partial charge in [-0.1, -0.05) is 13.3 Å². The van der Waals surface area contributed by atoms with Crippen molar-refractivity contribution < 1.29 is 14.3 Å². The summed E-state index contributed by atoms with van der Waals surface area (Å²) in [4.78, 5) is 26.0. The molecule has 7 nitrogen and oxygen atoms in total. The standard InChI is InChI=1S/C16H26N4O3/c1-15(2)12(17)10(8-20(15)11(21)9-23-4)13(18)19-14(22)16(3)6-5-7-16/h5-9,17H2,1-4H3,(H2,18,19,22). The molecule has 0 atom stereocenters. The van der Waals surface area contributed by atoms with Crippen molar-refractivity contribution >= 4 is 17.6 Å². The van der Waals surface area contributed by atoms with Crippen molar-refractivity contribution in [1.29, 1.82) is 5.41 Å². The predicted octanol–water partition coefficient (Wildman–Crippen LogP) is 0.750. The maximum atomic E-state index is 12.3. The van der Waals surface area contributed by atoms with Crippen molar-refractivity contribution in [1.82, 2.24) is 10.2 Å². The second-order valence-corrected chi connectivity index (χ2v) is 7.11. The monoisotopic (exact) mass is 322 g/mol. The van der Waals surface area contributed by atoms with Gasteiger partial charge in [0.05, 0.1) is 12.1 Å². The molecule has 0 bridgehead atoms. The molecule has 7 heteroatoms. The minimum Gasteiger partial charge on any atom is -0.400 e. The van der Waals surface area contributed by atoms with Crippen LogP contribution in [0.25, 0.3) is 0 Å². The third-order valence-corrected chi connectivity index (χ3v) is 5.09. The molecule has 1 heterocycles. The summed E-state index contributed by atoms with van der Waals surface area (Å²) in [5.74, 6) is -0.351. The van der Waals surface area contributed by atoms with Gasteiger partial charge in [-0.25, -0.2) is 0 Å². The highest BCUT2D eigenvalue weighted by atomic mass is 16.5. The lowest BCUT2D eigenvalue weighted by Crippen LogP contribution is -2.48. The van der Waals surface area contributed by atoms with Crippen LogP contribution in [0.5, 0.6) is 0 Å². The van der Waals surface area contributed by atoms with Gasteiger partial charge >= 0.3 is 0 Å². The SMILES string of the molecule is COCC(=O)N1CC(C(=N)NC(=O)C2(C)CCC2)=C(N)C1(C)C. The van der Waals surface area contributed by atoms with Gasteiger partial charge < -0.3 is 20.7 Å². The van der Waals surface area contributed by atoms with Crippen LogP contribution in [0.4, 0.5) is 0 Å². The zero-order valence-corrected chi connectivity index (χ0v) is 14.3. The molecule has 1 fully saturated rings. The number of nitrogens with zero attached hydrogens (tertiary/aromatic N) is 1. The number of amidine groups is 1. The molecule has 0 saturated heterocycles. The summed E-state index contributed by atoms with van der Waals surface area (Å²) >= 11 is 0. The number of carbonyl (C=O) groups is 2. The first-order valence-electron chi connectivity index (χ1n) is 7.82. The van der Waals surface area contributed by atoms with Crippen molar-refractivity contribution in [2.45, 2.75) is 45.6 Å². The van der Waals surface area contributed by atoms with Crippen molar-refractivity contribution in [3.8, 4) is 0 Å². The molecule has 23 heavy (non-hydrogen) atoms. The number of rotatable bonds is 4. The number of ether oxygens (including phenoxy) is 1. The molecule has 2 amide bonds. The highest BCUT2D eigenvalue weighted by Gasteiger charge is 2.44. The minimum atomic E-state index is -0.706. The van der Waals surface area contributed by atoms with Crippen LogP contribution < -0.4 is 11.1 Å². The molecule has 1 aliphatic carbocycles. The number of nitrogens with two attached hydrogens (primary N) is 1. The normalized spacial score (nSPS) is 21.8. The molecule has 0 radical (unpaired) electrons. The average molecular weight is 322 g/mol. The first kappa shape index (κ1) is 17.5. The average Bonchev–Trinajstić information content (AvgIpc) is 2.67. The van der Waals surface area contributed by atoms with E-state index in [0.717, 1.165) is 19.3 Å². The van der Waals surface area contributed by atoms with Crippen LogP contribution >= 0.6 is 0 Å². The number of hydrogen-bond acceptors (Lipinski definition) is 5. The molecule has 4 N–H and O–H groups in total. The van der Waals surface area contributed by atoms with E-state index in [-0.39, 0.29) is 36.2 Å². The second kappa shape index (κ2) is 5.96. The van der Waals surface area contributed by atoms with Gasteiger partial charge in [-0.2, -0.15) is 0 Å². The van der Waals surface area contributed by atoms with Gasteiger partial charge in [0.1, 0.15) is 12.4 Å². The third-order valence-electron chi connectivity index (χ3n) is 5.09. The summed E-state index contributed by atoms with van der Waals surface area (Å²) < 4.78 is 4.90. The van der Waals surface area contributed by atoms with E-state index in [0.29, 0.717) is 11.3 Å². The van der Waals surface area contributed by atoms with Crippen molar-refractivity contribution in [2.75, 3.05) is 20.3 Å². The smallest absolute Gasteiger partial charge is 0.249 e. The summed E-state index contributed by atoms with van der Waals surface area (Å²) in [6, 6.07) is 0. The van der Waals surface area contributed by atoms with Crippen LogP contribution in [-0.4, -0.2) is 48.4 Å². The fourth-order valence-corrected chi connectivity index (χ4v) is 3.04. The van der Waals surface area contributed by atoms with Crippen molar-refractivity contribution in [3.05, 3.63) is 11.3 Å². The van der Waals surface area contributed by atoms with Gasteiger partial charge in [-0.3, -0.25) is 15.0 Å². The van der Waals surface area contributed by atoms with Crippen LogP contribution in [0.1, 0.15) is 40.0 Å². The van der Waals surface area contributed by atoms with E-state index in [4.69, 9.17) is 15.9 Å². The third kappa shape index (κ3) is 2.97. The molecule has 2 rings (SSSR count). The summed E-state index contributed by atoms with van der Waals surface area (Å²) in [6.07, 6.45) is 2.71. The molecular formula is C16H26N4O3. The van der Waals surface area contributed by atoms with Crippen LogP contribution in [-0.2, 0) is 14.3 Å². The Morgan fingerprint density at radius 3 is 2.43 bits per heavy atom. The largest absolute Gasteiger partial charge is 0.400 e.